The Morgan fingerprint density at radius 1 is 1.21 bits per heavy atom. The van der Waals surface area contributed by atoms with Gasteiger partial charge in [-0.1, -0.05) is 24.3 Å². The molecule has 0 saturated carbocycles. The van der Waals surface area contributed by atoms with Gasteiger partial charge in [0, 0.05) is 41.9 Å². The van der Waals surface area contributed by atoms with E-state index in [9.17, 15) is 18.8 Å². The predicted molar refractivity (Wildman–Crippen MR) is 108 cm³/mol. The van der Waals surface area contributed by atoms with Gasteiger partial charge in [-0.25, -0.2) is 4.39 Å². The molecule has 0 bridgehead atoms. The number of fused-ring (bicyclic) bond motifs is 1. The molecule has 4 rings (SSSR count). The highest BCUT2D eigenvalue weighted by Crippen LogP contribution is 2.36. The fourth-order valence-corrected chi connectivity index (χ4v) is 3.98. The maximum atomic E-state index is 14.3. The molecule has 0 radical (unpaired) electrons. The molecule has 2 N–H and O–H groups in total. The molecule has 29 heavy (non-hydrogen) atoms. The fraction of sp³-hybridized carbons (Fsp3) is 0.286. The quantitative estimate of drug-likeness (QED) is 0.609. The number of halogens is 1. The third-order valence-corrected chi connectivity index (χ3v) is 5.89. The van der Waals surface area contributed by atoms with Crippen LogP contribution in [0, 0.1) is 12.7 Å². The summed E-state index contributed by atoms with van der Waals surface area (Å²) in [7, 11) is 1.69. The minimum atomic E-state index is -1.08. The van der Waals surface area contributed by atoms with Crippen LogP contribution in [0.2, 0.25) is 0 Å². The van der Waals surface area contributed by atoms with Crippen LogP contribution in [0.15, 0.2) is 36.4 Å². The number of rotatable bonds is 4. The molecule has 1 saturated heterocycles. The second kappa shape index (κ2) is 7.02. The first-order valence-corrected chi connectivity index (χ1v) is 9.57. The highest BCUT2D eigenvalue weighted by molar-refractivity contribution is 6.32. The number of piperidine rings is 1. The standard InChI is InChI=1S/C21H21BFN3O3/c1-12-4-2-5-13(18(12)23)10-24-16-7-3-6-14-15(16)11-26(19(14)28)21(22)9-8-17(27)25-20(21)29/h2-7,24H,8-11,22H2,1H3,(H,25,27,29). The molecule has 2 aliphatic heterocycles. The van der Waals surface area contributed by atoms with Gasteiger partial charge in [0.25, 0.3) is 5.91 Å². The largest absolute Gasteiger partial charge is 0.381 e. The van der Waals surface area contributed by atoms with Gasteiger partial charge in [-0.15, -0.1) is 0 Å². The Labute approximate surface area is 168 Å². The highest BCUT2D eigenvalue weighted by atomic mass is 19.1. The molecule has 2 heterocycles. The number of nitrogens with one attached hydrogen (secondary N) is 2. The molecule has 0 aliphatic carbocycles. The van der Waals surface area contributed by atoms with Crippen molar-refractivity contribution in [1.82, 2.24) is 10.2 Å². The zero-order valence-corrected chi connectivity index (χ0v) is 16.3. The van der Waals surface area contributed by atoms with E-state index in [0.717, 1.165) is 11.3 Å². The average Bonchev–Trinajstić information content (AvgIpc) is 3.04. The van der Waals surface area contributed by atoms with Crippen molar-refractivity contribution in [3.63, 3.8) is 0 Å². The summed E-state index contributed by atoms with van der Waals surface area (Å²) in [5.74, 6) is -1.26. The van der Waals surface area contributed by atoms with E-state index in [1.807, 2.05) is 6.07 Å². The van der Waals surface area contributed by atoms with Crippen LogP contribution in [0.3, 0.4) is 0 Å². The van der Waals surface area contributed by atoms with Gasteiger partial charge in [0.2, 0.25) is 11.8 Å². The van der Waals surface area contributed by atoms with Crippen LogP contribution >= 0.6 is 0 Å². The van der Waals surface area contributed by atoms with Crippen molar-refractivity contribution >= 4 is 31.3 Å². The lowest BCUT2D eigenvalue weighted by atomic mass is 9.70. The average molecular weight is 393 g/mol. The third kappa shape index (κ3) is 3.18. The lowest BCUT2D eigenvalue weighted by Gasteiger charge is -2.40. The van der Waals surface area contributed by atoms with Gasteiger partial charge in [0.1, 0.15) is 13.7 Å². The summed E-state index contributed by atoms with van der Waals surface area (Å²) < 4.78 is 14.3. The van der Waals surface area contributed by atoms with E-state index < -0.39 is 11.3 Å². The summed E-state index contributed by atoms with van der Waals surface area (Å²) in [5.41, 5.74) is 2.07. The molecule has 2 aromatic rings. The smallest absolute Gasteiger partial charge is 0.254 e. The zero-order chi connectivity index (χ0) is 20.8. The van der Waals surface area contributed by atoms with Crippen LogP contribution in [0.1, 0.15) is 39.9 Å². The Balaban J connectivity index is 1.59. The van der Waals surface area contributed by atoms with Gasteiger partial charge in [-0.05, 0) is 31.0 Å². The van der Waals surface area contributed by atoms with Gasteiger partial charge < -0.3 is 10.2 Å². The monoisotopic (exact) mass is 393 g/mol. The molecule has 148 valence electrons. The molecule has 1 unspecified atom stereocenters. The SMILES string of the molecule is BC1(N2Cc3c(NCc4cccc(C)c4F)cccc3C2=O)CCC(=O)NC1=O. The van der Waals surface area contributed by atoms with E-state index >= 15 is 0 Å². The Kier molecular flexibility index (Phi) is 4.64. The third-order valence-electron chi connectivity index (χ3n) is 5.89. The summed E-state index contributed by atoms with van der Waals surface area (Å²) in [4.78, 5) is 38.6. The number of benzene rings is 2. The molecular weight excluding hydrogens is 372 g/mol. The van der Waals surface area contributed by atoms with Crippen molar-refractivity contribution in [3.8, 4) is 0 Å². The number of amides is 3. The number of nitrogens with zero attached hydrogens (tertiary/aromatic N) is 1. The van der Waals surface area contributed by atoms with Crippen LogP contribution in [0.5, 0.6) is 0 Å². The number of aryl methyl sites for hydroxylation is 1. The van der Waals surface area contributed by atoms with E-state index in [4.69, 9.17) is 0 Å². The Hall–Kier alpha value is -3.16. The normalized spacial score (nSPS) is 21.2. The van der Waals surface area contributed by atoms with Crippen LogP contribution in [0.25, 0.3) is 0 Å². The van der Waals surface area contributed by atoms with Crippen LogP contribution in [-0.4, -0.2) is 35.9 Å². The molecule has 2 aliphatic rings. The number of anilines is 1. The van der Waals surface area contributed by atoms with Crippen molar-refractivity contribution in [2.75, 3.05) is 5.32 Å². The van der Waals surface area contributed by atoms with Gasteiger partial charge in [-0.2, -0.15) is 0 Å². The minimum Gasteiger partial charge on any atom is -0.381 e. The van der Waals surface area contributed by atoms with Crippen molar-refractivity contribution in [2.45, 2.75) is 38.3 Å². The first-order valence-electron chi connectivity index (χ1n) is 9.57. The van der Waals surface area contributed by atoms with E-state index in [-0.39, 0.29) is 43.6 Å². The van der Waals surface area contributed by atoms with Gasteiger partial charge in [0.05, 0.1) is 5.44 Å². The van der Waals surface area contributed by atoms with E-state index in [0.29, 0.717) is 16.7 Å². The van der Waals surface area contributed by atoms with Crippen LogP contribution in [-0.2, 0) is 22.7 Å². The fourth-order valence-electron chi connectivity index (χ4n) is 3.98. The molecule has 0 spiro atoms. The Morgan fingerprint density at radius 2 is 1.97 bits per heavy atom. The summed E-state index contributed by atoms with van der Waals surface area (Å²) in [6.07, 6.45) is 0.481. The lowest BCUT2D eigenvalue weighted by molar-refractivity contribution is -0.138. The van der Waals surface area contributed by atoms with E-state index in [1.165, 1.54) is 4.90 Å². The van der Waals surface area contributed by atoms with Crippen molar-refractivity contribution in [2.24, 2.45) is 0 Å². The summed E-state index contributed by atoms with van der Waals surface area (Å²) in [6, 6.07) is 10.6. The molecule has 1 fully saturated rings. The number of imide groups is 1. The Bertz CT molecular complexity index is 1040. The summed E-state index contributed by atoms with van der Waals surface area (Å²) in [5, 5.41) is 5.57. The number of hydrogen-bond acceptors (Lipinski definition) is 4. The topological polar surface area (TPSA) is 78.5 Å². The maximum absolute atomic E-state index is 14.3. The molecule has 0 aromatic heterocycles. The maximum Gasteiger partial charge on any atom is 0.254 e. The van der Waals surface area contributed by atoms with Crippen molar-refractivity contribution in [3.05, 3.63) is 64.5 Å². The molecule has 2 aromatic carbocycles. The van der Waals surface area contributed by atoms with Gasteiger partial charge in [0.15, 0.2) is 0 Å². The van der Waals surface area contributed by atoms with Crippen LogP contribution in [0.4, 0.5) is 10.1 Å². The van der Waals surface area contributed by atoms with E-state index in [2.05, 4.69) is 10.6 Å². The molecule has 6 nitrogen and oxygen atoms in total. The second-order valence-corrected chi connectivity index (χ2v) is 7.78. The molecule has 3 amide bonds. The predicted octanol–water partition coefficient (Wildman–Crippen LogP) is 1.47. The second-order valence-electron chi connectivity index (χ2n) is 7.78. The number of carbonyl (C=O) groups excluding carboxylic acids is 3. The minimum absolute atomic E-state index is 0.195. The van der Waals surface area contributed by atoms with Gasteiger partial charge >= 0.3 is 0 Å². The lowest BCUT2D eigenvalue weighted by Crippen LogP contribution is -2.63. The van der Waals surface area contributed by atoms with Crippen molar-refractivity contribution < 1.29 is 18.8 Å². The molecular formula is C21H21BFN3O3. The van der Waals surface area contributed by atoms with Crippen LogP contribution < -0.4 is 10.6 Å². The summed E-state index contributed by atoms with van der Waals surface area (Å²) in [6.45, 7) is 2.26. The molecule has 1 atom stereocenters. The highest BCUT2D eigenvalue weighted by Gasteiger charge is 2.48. The first-order chi connectivity index (χ1) is 13.8. The summed E-state index contributed by atoms with van der Waals surface area (Å²) >= 11 is 0. The first kappa shape index (κ1) is 19.2. The number of hydrogen-bond donors (Lipinski definition) is 2. The van der Waals surface area contributed by atoms with Gasteiger partial charge in [-0.3, -0.25) is 19.7 Å². The number of carbonyl (C=O) groups is 3. The van der Waals surface area contributed by atoms with Crippen molar-refractivity contribution in [1.29, 1.82) is 0 Å². The zero-order valence-electron chi connectivity index (χ0n) is 16.3. The Morgan fingerprint density at radius 3 is 2.72 bits per heavy atom. The molecule has 8 heteroatoms. The van der Waals surface area contributed by atoms with E-state index in [1.54, 1.807) is 45.1 Å².